The quantitative estimate of drug-likeness (QED) is 0.823. The van der Waals surface area contributed by atoms with Gasteiger partial charge < -0.3 is 14.4 Å². The van der Waals surface area contributed by atoms with E-state index < -0.39 is 0 Å². The highest BCUT2D eigenvalue weighted by Gasteiger charge is 2.32. The van der Waals surface area contributed by atoms with E-state index in [1.165, 1.54) is 0 Å². The zero-order chi connectivity index (χ0) is 15.5. The minimum atomic E-state index is -0.309. The maximum Gasteiger partial charge on any atom is 0.307 e. The van der Waals surface area contributed by atoms with E-state index in [0.29, 0.717) is 38.0 Å². The Morgan fingerprint density at radius 3 is 3.05 bits per heavy atom. The number of nitrogens with zero attached hydrogens (tertiary/aromatic N) is 2. The lowest BCUT2D eigenvalue weighted by Gasteiger charge is -2.34. The van der Waals surface area contributed by atoms with E-state index >= 15 is 0 Å². The summed E-state index contributed by atoms with van der Waals surface area (Å²) in [6, 6.07) is 1.54. The van der Waals surface area contributed by atoms with E-state index in [0.717, 1.165) is 18.5 Å². The second-order valence-electron chi connectivity index (χ2n) is 5.72. The van der Waals surface area contributed by atoms with E-state index in [1.54, 1.807) is 11.8 Å². The molecule has 1 saturated heterocycles. The Hall–Kier alpha value is -1.89. The third-order valence-electron chi connectivity index (χ3n) is 4.03. The van der Waals surface area contributed by atoms with Crippen LogP contribution in [0.5, 0.6) is 0 Å². The Kier molecular flexibility index (Phi) is 4.42. The molecule has 0 aromatic carbocycles. The Labute approximate surface area is 129 Å². The van der Waals surface area contributed by atoms with Crippen LogP contribution >= 0.6 is 0 Å². The van der Waals surface area contributed by atoms with E-state index in [1.807, 2.05) is 6.07 Å². The first kappa shape index (κ1) is 15.0. The molecule has 1 aliphatic heterocycles. The van der Waals surface area contributed by atoms with Gasteiger partial charge in [-0.15, -0.1) is 0 Å². The normalized spacial score (nSPS) is 21.7. The number of aromatic nitrogens is 2. The highest BCUT2D eigenvalue weighted by atomic mass is 16.5. The van der Waals surface area contributed by atoms with Crippen molar-refractivity contribution in [3.8, 4) is 0 Å². The Balaban J connectivity index is 1.68. The first-order chi connectivity index (χ1) is 10.7. The number of hydrogen-bond donors (Lipinski definition) is 1. The lowest BCUT2D eigenvalue weighted by atomic mass is 10.1. The van der Waals surface area contributed by atoms with E-state index in [-0.39, 0.29) is 24.3 Å². The molecule has 2 fully saturated rings. The van der Waals surface area contributed by atoms with Crippen LogP contribution in [-0.4, -0.2) is 59.4 Å². The number of esters is 1. The number of H-pyrrole nitrogens is 1. The molecule has 1 saturated carbocycles. The smallest absolute Gasteiger partial charge is 0.307 e. The second kappa shape index (κ2) is 6.48. The molecule has 7 heteroatoms. The number of ether oxygens (including phenoxy) is 2. The predicted octanol–water partition coefficient (Wildman–Crippen LogP) is 1.08. The van der Waals surface area contributed by atoms with Crippen molar-refractivity contribution in [3.05, 3.63) is 17.5 Å². The van der Waals surface area contributed by atoms with Gasteiger partial charge in [-0.2, -0.15) is 5.10 Å². The third kappa shape index (κ3) is 3.30. The molecule has 120 valence electrons. The van der Waals surface area contributed by atoms with Gasteiger partial charge in [0.25, 0.3) is 5.91 Å². The standard InChI is InChI=1S/C15H21N3O4/c1-2-22-14(19)7-11-9-21-6-5-18(11)15(20)13-8-12(16-17-13)10-3-4-10/h8,10-11H,2-7,9H2,1H3,(H,16,17)/t11-/m1/s1. The Bertz CT molecular complexity index is 553. The van der Waals surface area contributed by atoms with Gasteiger partial charge in [-0.3, -0.25) is 14.7 Å². The third-order valence-corrected chi connectivity index (χ3v) is 4.03. The minimum absolute atomic E-state index is 0.152. The molecular formula is C15H21N3O4. The number of amides is 1. The van der Waals surface area contributed by atoms with Crippen LogP contribution in [0.4, 0.5) is 0 Å². The van der Waals surface area contributed by atoms with E-state index in [4.69, 9.17) is 9.47 Å². The van der Waals surface area contributed by atoms with Crippen molar-refractivity contribution in [3.63, 3.8) is 0 Å². The molecule has 0 radical (unpaired) electrons. The summed E-state index contributed by atoms with van der Waals surface area (Å²) in [4.78, 5) is 26.0. The van der Waals surface area contributed by atoms with Crippen molar-refractivity contribution >= 4 is 11.9 Å². The highest BCUT2D eigenvalue weighted by Crippen LogP contribution is 2.39. The summed E-state index contributed by atoms with van der Waals surface area (Å²) in [6.45, 7) is 3.40. The number of carbonyl (C=O) groups excluding carboxylic acids is 2. The number of rotatable bonds is 5. The van der Waals surface area contributed by atoms with Crippen LogP contribution in [0.25, 0.3) is 0 Å². The summed E-state index contributed by atoms with van der Waals surface area (Å²) in [5.41, 5.74) is 1.44. The molecule has 2 heterocycles. The topological polar surface area (TPSA) is 84.5 Å². The summed E-state index contributed by atoms with van der Waals surface area (Å²) in [5, 5.41) is 7.07. The zero-order valence-corrected chi connectivity index (χ0v) is 12.7. The Morgan fingerprint density at radius 1 is 1.50 bits per heavy atom. The first-order valence-corrected chi connectivity index (χ1v) is 7.78. The van der Waals surface area contributed by atoms with Crippen molar-refractivity contribution < 1.29 is 19.1 Å². The minimum Gasteiger partial charge on any atom is -0.466 e. The fraction of sp³-hybridized carbons (Fsp3) is 0.667. The van der Waals surface area contributed by atoms with Gasteiger partial charge in [-0.05, 0) is 25.8 Å². The molecule has 22 heavy (non-hydrogen) atoms. The van der Waals surface area contributed by atoms with Crippen LogP contribution in [0.1, 0.15) is 48.3 Å². The average molecular weight is 307 g/mol. The Morgan fingerprint density at radius 2 is 2.32 bits per heavy atom. The molecule has 2 aliphatic rings. The van der Waals surface area contributed by atoms with Gasteiger partial charge in [-0.25, -0.2) is 0 Å². The summed E-state index contributed by atoms with van der Waals surface area (Å²) in [7, 11) is 0. The van der Waals surface area contributed by atoms with Gasteiger partial charge in [0.2, 0.25) is 0 Å². The van der Waals surface area contributed by atoms with Gasteiger partial charge >= 0.3 is 5.97 Å². The van der Waals surface area contributed by atoms with Crippen LogP contribution < -0.4 is 0 Å². The zero-order valence-electron chi connectivity index (χ0n) is 12.7. The number of hydrogen-bond acceptors (Lipinski definition) is 5. The second-order valence-corrected chi connectivity index (χ2v) is 5.72. The van der Waals surface area contributed by atoms with Crippen molar-refractivity contribution in [2.45, 2.75) is 38.1 Å². The summed E-state index contributed by atoms with van der Waals surface area (Å²) in [5.74, 6) is 0.0614. The predicted molar refractivity (Wildman–Crippen MR) is 77.5 cm³/mol. The van der Waals surface area contributed by atoms with Gasteiger partial charge in [0, 0.05) is 18.2 Å². The molecule has 1 atom stereocenters. The summed E-state index contributed by atoms with van der Waals surface area (Å²) < 4.78 is 10.4. The number of carbonyl (C=O) groups is 2. The largest absolute Gasteiger partial charge is 0.466 e. The maximum atomic E-state index is 12.6. The molecule has 0 spiro atoms. The van der Waals surface area contributed by atoms with Gasteiger partial charge in [0.1, 0.15) is 5.69 Å². The SMILES string of the molecule is CCOC(=O)C[C@@H]1COCCN1C(=O)c1cc(C2CC2)[nH]n1. The lowest BCUT2D eigenvalue weighted by Crippen LogP contribution is -2.49. The molecule has 0 bridgehead atoms. The van der Waals surface area contributed by atoms with Crippen LogP contribution in [0.2, 0.25) is 0 Å². The summed E-state index contributed by atoms with van der Waals surface area (Å²) in [6.07, 6.45) is 2.46. The highest BCUT2D eigenvalue weighted by molar-refractivity contribution is 5.93. The van der Waals surface area contributed by atoms with E-state index in [2.05, 4.69) is 10.2 Å². The number of nitrogens with one attached hydrogen (secondary N) is 1. The van der Waals surface area contributed by atoms with Crippen molar-refractivity contribution in [2.24, 2.45) is 0 Å². The molecule has 7 nitrogen and oxygen atoms in total. The van der Waals surface area contributed by atoms with Crippen molar-refractivity contribution in [1.82, 2.24) is 15.1 Å². The summed E-state index contributed by atoms with van der Waals surface area (Å²) >= 11 is 0. The van der Waals surface area contributed by atoms with E-state index in [9.17, 15) is 9.59 Å². The molecule has 0 unspecified atom stereocenters. The van der Waals surface area contributed by atoms with Gasteiger partial charge in [0.15, 0.2) is 0 Å². The molecular weight excluding hydrogens is 286 g/mol. The molecule has 1 N–H and O–H groups in total. The maximum absolute atomic E-state index is 12.6. The van der Waals surface area contributed by atoms with Crippen LogP contribution in [-0.2, 0) is 14.3 Å². The van der Waals surface area contributed by atoms with Gasteiger partial charge in [-0.1, -0.05) is 0 Å². The fourth-order valence-corrected chi connectivity index (χ4v) is 2.70. The molecule has 3 rings (SSSR count). The number of aromatic amines is 1. The lowest BCUT2D eigenvalue weighted by molar-refractivity contribution is -0.145. The monoisotopic (exact) mass is 307 g/mol. The molecule has 1 amide bonds. The van der Waals surface area contributed by atoms with Crippen molar-refractivity contribution in [2.75, 3.05) is 26.4 Å². The van der Waals surface area contributed by atoms with Crippen LogP contribution in [0, 0.1) is 0 Å². The van der Waals surface area contributed by atoms with Crippen molar-refractivity contribution in [1.29, 1.82) is 0 Å². The molecule has 1 aliphatic carbocycles. The molecule has 1 aromatic heterocycles. The average Bonchev–Trinajstić information content (AvgIpc) is 3.25. The first-order valence-electron chi connectivity index (χ1n) is 7.78. The van der Waals surface area contributed by atoms with Crippen LogP contribution in [0.3, 0.4) is 0 Å². The van der Waals surface area contributed by atoms with Gasteiger partial charge in [0.05, 0.1) is 32.3 Å². The number of morpholine rings is 1. The molecule has 1 aromatic rings. The fourth-order valence-electron chi connectivity index (χ4n) is 2.70. The van der Waals surface area contributed by atoms with Crippen LogP contribution in [0.15, 0.2) is 6.07 Å².